The SMILES string of the molecule is Clc1cnc(C(Cl)(Cl)Cl)c(Cl)c1. The molecule has 1 nitrogen and oxygen atoms in total. The van der Waals surface area contributed by atoms with Crippen molar-refractivity contribution in [3.05, 3.63) is 28.0 Å². The number of rotatable bonds is 0. The van der Waals surface area contributed by atoms with Gasteiger partial charge in [-0.25, -0.2) is 0 Å². The molecule has 0 spiro atoms. The van der Waals surface area contributed by atoms with Crippen LogP contribution in [0.15, 0.2) is 12.3 Å². The lowest BCUT2D eigenvalue weighted by molar-refractivity contribution is 1.09. The van der Waals surface area contributed by atoms with Crippen LogP contribution in [0.4, 0.5) is 0 Å². The van der Waals surface area contributed by atoms with Gasteiger partial charge in [-0.15, -0.1) is 0 Å². The molecule has 0 amide bonds. The number of hydrogen-bond acceptors (Lipinski definition) is 1. The molecular formula is C6H2Cl5N. The fourth-order valence-electron chi connectivity index (χ4n) is 0.623. The van der Waals surface area contributed by atoms with Gasteiger partial charge >= 0.3 is 0 Å². The number of aromatic nitrogens is 1. The fraction of sp³-hybridized carbons (Fsp3) is 0.167. The van der Waals surface area contributed by atoms with Crippen LogP contribution in [0.3, 0.4) is 0 Å². The number of halogens is 5. The Morgan fingerprint density at radius 2 is 1.75 bits per heavy atom. The Hall–Kier alpha value is 0.600. The van der Waals surface area contributed by atoms with Crippen molar-refractivity contribution in [3.8, 4) is 0 Å². The van der Waals surface area contributed by atoms with Crippen molar-refractivity contribution < 1.29 is 0 Å². The number of nitrogens with zero attached hydrogens (tertiary/aromatic N) is 1. The highest BCUT2D eigenvalue weighted by Crippen LogP contribution is 2.40. The monoisotopic (exact) mass is 263 g/mol. The normalized spacial score (nSPS) is 11.8. The van der Waals surface area contributed by atoms with Crippen LogP contribution in [0.25, 0.3) is 0 Å². The van der Waals surface area contributed by atoms with Gasteiger partial charge in [0, 0.05) is 6.20 Å². The van der Waals surface area contributed by atoms with E-state index < -0.39 is 3.79 Å². The molecule has 0 unspecified atom stereocenters. The maximum atomic E-state index is 5.71. The molecule has 0 saturated heterocycles. The summed E-state index contributed by atoms with van der Waals surface area (Å²) in [5.41, 5.74) is 0.179. The summed E-state index contributed by atoms with van der Waals surface area (Å²) >= 11 is 28.0. The zero-order valence-corrected chi connectivity index (χ0v) is 9.27. The first-order chi connectivity index (χ1) is 5.41. The van der Waals surface area contributed by atoms with Crippen LogP contribution in [-0.4, -0.2) is 4.98 Å². The second-order valence-corrected chi connectivity index (χ2v) is 5.11. The minimum atomic E-state index is -1.61. The Morgan fingerprint density at radius 3 is 2.17 bits per heavy atom. The molecule has 6 heteroatoms. The summed E-state index contributed by atoms with van der Waals surface area (Å²) in [6, 6.07) is 1.47. The van der Waals surface area contributed by atoms with Crippen molar-refractivity contribution in [3.63, 3.8) is 0 Å². The molecule has 0 aromatic carbocycles. The maximum Gasteiger partial charge on any atom is 0.234 e. The predicted octanol–water partition coefficient (Wildman–Crippen LogP) is 4.22. The van der Waals surface area contributed by atoms with Crippen LogP contribution in [0.1, 0.15) is 5.69 Å². The summed E-state index contributed by atoms with van der Waals surface area (Å²) in [6.45, 7) is 0. The molecule has 1 aromatic heterocycles. The zero-order chi connectivity index (χ0) is 9.35. The molecule has 0 N–H and O–H groups in total. The van der Waals surface area contributed by atoms with Gasteiger partial charge in [0.05, 0.1) is 10.0 Å². The molecule has 0 saturated carbocycles. The number of pyridine rings is 1. The second-order valence-electron chi connectivity index (χ2n) is 1.98. The first kappa shape index (κ1) is 10.7. The van der Waals surface area contributed by atoms with Crippen molar-refractivity contribution >= 4 is 58.0 Å². The number of hydrogen-bond donors (Lipinski definition) is 0. The van der Waals surface area contributed by atoms with Gasteiger partial charge in [-0.05, 0) is 6.07 Å². The van der Waals surface area contributed by atoms with Gasteiger partial charge < -0.3 is 0 Å². The van der Waals surface area contributed by atoms with Crippen molar-refractivity contribution in [1.82, 2.24) is 4.98 Å². The van der Waals surface area contributed by atoms with Crippen LogP contribution in [0.5, 0.6) is 0 Å². The van der Waals surface area contributed by atoms with E-state index in [1.54, 1.807) is 0 Å². The van der Waals surface area contributed by atoms with Crippen molar-refractivity contribution in [2.75, 3.05) is 0 Å². The maximum absolute atomic E-state index is 5.71. The molecule has 0 aliphatic heterocycles. The van der Waals surface area contributed by atoms with Crippen LogP contribution < -0.4 is 0 Å². The highest BCUT2D eigenvalue weighted by molar-refractivity contribution is 6.67. The Balaban J connectivity index is 3.19. The van der Waals surface area contributed by atoms with Crippen molar-refractivity contribution in [1.29, 1.82) is 0 Å². The minimum Gasteiger partial charge on any atom is -0.254 e. The molecule has 1 aromatic rings. The van der Waals surface area contributed by atoms with Gasteiger partial charge in [0.1, 0.15) is 5.69 Å². The summed E-state index contributed by atoms with van der Waals surface area (Å²) < 4.78 is -1.61. The highest BCUT2D eigenvalue weighted by atomic mass is 35.6. The van der Waals surface area contributed by atoms with Crippen molar-refractivity contribution in [2.24, 2.45) is 0 Å². The Labute approximate surface area is 94.5 Å². The molecule has 0 atom stereocenters. The second kappa shape index (κ2) is 3.77. The Kier molecular flexibility index (Phi) is 3.35. The zero-order valence-electron chi connectivity index (χ0n) is 5.49. The van der Waals surface area contributed by atoms with E-state index >= 15 is 0 Å². The third kappa shape index (κ3) is 2.54. The quantitative estimate of drug-likeness (QED) is 0.640. The lowest BCUT2D eigenvalue weighted by Gasteiger charge is -2.11. The van der Waals surface area contributed by atoms with Gasteiger partial charge in [-0.1, -0.05) is 58.0 Å². The largest absolute Gasteiger partial charge is 0.254 e. The lowest BCUT2D eigenvalue weighted by Crippen LogP contribution is -2.03. The van der Waals surface area contributed by atoms with E-state index in [-0.39, 0.29) is 10.7 Å². The van der Waals surface area contributed by atoms with Gasteiger partial charge in [0.15, 0.2) is 0 Å². The molecule has 0 fully saturated rings. The van der Waals surface area contributed by atoms with E-state index in [4.69, 9.17) is 58.0 Å². The molecular weight excluding hydrogens is 263 g/mol. The smallest absolute Gasteiger partial charge is 0.234 e. The molecule has 1 heterocycles. The summed E-state index contributed by atoms with van der Waals surface area (Å²) in [5.74, 6) is 0. The molecule has 66 valence electrons. The number of alkyl halides is 3. The topological polar surface area (TPSA) is 12.9 Å². The summed E-state index contributed by atoms with van der Waals surface area (Å²) in [6.07, 6.45) is 1.37. The van der Waals surface area contributed by atoms with Crippen LogP contribution in [-0.2, 0) is 3.79 Å². The van der Waals surface area contributed by atoms with E-state index in [0.29, 0.717) is 5.02 Å². The standard InChI is InChI=1S/C6H2Cl5N/c7-3-1-4(8)5(12-2-3)6(9,10)11/h1-2H. The molecule has 0 aliphatic rings. The Bertz CT molecular complexity index is 292. The van der Waals surface area contributed by atoms with Gasteiger partial charge in [-0.3, -0.25) is 4.98 Å². The highest BCUT2D eigenvalue weighted by Gasteiger charge is 2.27. The van der Waals surface area contributed by atoms with Gasteiger partial charge in [0.2, 0.25) is 3.79 Å². The van der Waals surface area contributed by atoms with E-state index in [1.165, 1.54) is 12.3 Å². The van der Waals surface area contributed by atoms with E-state index in [9.17, 15) is 0 Å². The van der Waals surface area contributed by atoms with Crippen LogP contribution in [0.2, 0.25) is 10.0 Å². The minimum absolute atomic E-state index is 0.179. The molecule has 0 radical (unpaired) electrons. The summed E-state index contributed by atoms with van der Waals surface area (Å²) in [5, 5.41) is 0.639. The Morgan fingerprint density at radius 1 is 1.17 bits per heavy atom. The van der Waals surface area contributed by atoms with Crippen molar-refractivity contribution in [2.45, 2.75) is 3.79 Å². The first-order valence-corrected chi connectivity index (χ1v) is 4.68. The summed E-state index contributed by atoms with van der Waals surface area (Å²) in [7, 11) is 0. The third-order valence-electron chi connectivity index (χ3n) is 1.08. The van der Waals surface area contributed by atoms with Gasteiger partial charge in [0.25, 0.3) is 0 Å². The lowest BCUT2D eigenvalue weighted by atomic mass is 10.4. The molecule has 1 rings (SSSR count). The molecule has 0 bridgehead atoms. The molecule has 12 heavy (non-hydrogen) atoms. The van der Waals surface area contributed by atoms with Crippen LogP contribution >= 0.6 is 58.0 Å². The first-order valence-electron chi connectivity index (χ1n) is 2.79. The average Bonchev–Trinajstić information content (AvgIpc) is 1.83. The van der Waals surface area contributed by atoms with E-state index in [1.807, 2.05) is 0 Å². The average molecular weight is 265 g/mol. The van der Waals surface area contributed by atoms with E-state index in [0.717, 1.165) is 0 Å². The van der Waals surface area contributed by atoms with Crippen LogP contribution in [0, 0.1) is 0 Å². The predicted molar refractivity (Wildman–Crippen MR) is 53.5 cm³/mol. The molecule has 0 aliphatic carbocycles. The third-order valence-corrected chi connectivity index (χ3v) is 2.11. The van der Waals surface area contributed by atoms with E-state index in [2.05, 4.69) is 4.98 Å². The fourth-order valence-corrected chi connectivity index (χ4v) is 1.74. The van der Waals surface area contributed by atoms with Gasteiger partial charge in [-0.2, -0.15) is 0 Å². The summed E-state index contributed by atoms with van der Waals surface area (Å²) in [4.78, 5) is 3.79.